The smallest absolute Gasteiger partial charge is 0.191 e. The van der Waals surface area contributed by atoms with Crippen LogP contribution in [0, 0.1) is 6.92 Å². The minimum atomic E-state index is 0.666. The number of ether oxygens (including phenoxy) is 2. The third kappa shape index (κ3) is 5.99. The molecule has 0 saturated heterocycles. The van der Waals surface area contributed by atoms with Gasteiger partial charge in [-0.3, -0.25) is 4.99 Å². The number of guanidine groups is 1. The van der Waals surface area contributed by atoms with Crippen molar-refractivity contribution in [3.05, 3.63) is 59.2 Å². The number of benzene rings is 2. The highest BCUT2D eigenvalue weighted by molar-refractivity contribution is 5.79. The van der Waals surface area contributed by atoms with E-state index in [1.807, 2.05) is 18.2 Å². The number of aryl methyl sites for hydroxylation is 2. The molecule has 2 rings (SSSR count). The molecule has 0 aliphatic heterocycles. The van der Waals surface area contributed by atoms with Crippen molar-refractivity contribution < 1.29 is 9.47 Å². The van der Waals surface area contributed by atoms with Crippen LogP contribution in [0.15, 0.2) is 47.5 Å². The summed E-state index contributed by atoms with van der Waals surface area (Å²) in [6.07, 6.45) is 2.01. The van der Waals surface area contributed by atoms with Gasteiger partial charge < -0.3 is 20.1 Å². The second-order valence-corrected chi connectivity index (χ2v) is 6.12. The van der Waals surface area contributed by atoms with Gasteiger partial charge in [0.25, 0.3) is 0 Å². The van der Waals surface area contributed by atoms with E-state index < -0.39 is 0 Å². The average molecular weight is 355 g/mol. The predicted octanol–water partition coefficient (Wildman–Crippen LogP) is 3.31. The molecule has 2 N–H and O–H groups in total. The molecule has 0 radical (unpaired) electrons. The second kappa shape index (κ2) is 10.3. The molecule has 140 valence electrons. The van der Waals surface area contributed by atoms with E-state index in [-0.39, 0.29) is 0 Å². The number of nitrogens with zero attached hydrogens (tertiary/aromatic N) is 1. The fourth-order valence-corrected chi connectivity index (χ4v) is 2.72. The van der Waals surface area contributed by atoms with E-state index >= 15 is 0 Å². The van der Waals surface area contributed by atoms with Gasteiger partial charge in [0.05, 0.1) is 14.2 Å². The van der Waals surface area contributed by atoms with E-state index in [4.69, 9.17) is 9.47 Å². The lowest BCUT2D eigenvalue weighted by Gasteiger charge is -2.14. The Bertz CT molecular complexity index is 729. The summed E-state index contributed by atoms with van der Waals surface area (Å²) in [5.41, 5.74) is 3.57. The lowest BCUT2D eigenvalue weighted by atomic mass is 10.1. The molecule has 0 bridgehead atoms. The van der Waals surface area contributed by atoms with Crippen molar-refractivity contribution in [1.82, 2.24) is 10.6 Å². The van der Waals surface area contributed by atoms with Crippen molar-refractivity contribution in [2.75, 3.05) is 27.8 Å². The van der Waals surface area contributed by atoms with Crippen LogP contribution in [0.1, 0.15) is 23.1 Å². The maximum Gasteiger partial charge on any atom is 0.191 e. The lowest BCUT2D eigenvalue weighted by Crippen LogP contribution is -2.37. The lowest BCUT2D eigenvalue weighted by molar-refractivity contribution is 0.408. The summed E-state index contributed by atoms with van der Waals surface area (Å²) in [4.78, 5) is 4.28. The van der Waals surface area contributed by atoms with Crippen molar-refractivity contribution in [2.45, 2.75) is 26.3 Å². The Balaban J connectivity index is 1.77. The Kier molecular flexibility index (Phi) is 7.80. The summed E-state index contributed by atoms with van der Waals surface area (Å²) < 4.78 is 10.7. The average Bonchev–Trinajstić information content (AvgIpc) is 2.68. The molecule has 0 aliphatic rings. The van der Waals surface area contributed by atoms with Gasteiger partial charge in [-0.2, -0.15) is 0 Å². The quantitative estimate of drug-likeness (QED) is 0.433. The summed E-state index contributed by atoms with van der Waals surface area (Å²) in [6, 6.07) is 14.4. The van der Waals surface area contributed by atoms with Crippen molar-refractivity contribution >= 4 is 5.96 Å². The molecule has 0 heterocycles. The van der Waals surface area contributed by atoms with Crippen molar-refractivity contribution in [3.63, 3.8) is 0 Å². The van der Waals surface area contributed by atoms with Crippen LogP contribution >= 0.6 is 0 Å². The highest BCUT2D eigenvalue weighted by Gasteiger charge is 2.05. The summed E-state index contributed by atoms with van der Waals surface area (Å²) in [7, 11) is 5.17. The van der Waals surface area contributed by atoms with Gasteiger partial charge in [0, 0.05) is 25.7 Å². The fraction of sp³-hybridized carbons (Fsp3) is 0.381. The highest BCUT2D eigenvalue weighted by atomic mass is 16.5. The largest absolute Gasteiger partial charge is 0.497 e. The van der Waals surface area contributed by atoms with Gasteiger partial charge >= 0.3 is 0 Å². The molecule has 0 fully saturated rings. The van der Waals surface area contributed by atoms with Crippen LogP contribution < -0.4 is 20.1 Å². The van der Waals surface area contributed by atoms with Crippen LogP contribution in [0.4, 0.5) is 0 Å². The highest BCUT2D eigenvalue weighted by Crippen LogP contribution is 2.19. The monoisotopic (exact) mass is 355 g/mol. The molecule has 0 aliphatic carbocycles. The molecule has 0 amide bonds. The normalized spacial score (nSPS) is 11.2. The van der Waals surface area contributed by atoms with Crippen LogP contribution in [-0.4, -0.2) is 33.8 Å². The third-order valence-electron chi connectivity index (χ3n) is 4.18. The maximum atomic E-state index is 5.45. The number of hydrogen-bond acceptors (Lipinski definition) is 3. The number of methoxy groups -OCH3 is 2. The summed E-state index contributed by atoms with van der Waals surface area (Å²) in [5.74, 6) is 2.59. The Morgan fingerprint density at radius 1 is 1.04 bits per heavy atom. The first kappa shape index (κ1) is 19.6. The molecule has 0 saturated carbocycles. The minimum absolute atomic E-state index is 0.666. The Morgan fingerprint density at radius 2 is 1.88 bits per heavy atom. The van der Waals surface area contributed by atoms with Crippen LogP contribution in [0.3, 0.4) is 0 Å². The predicted molar refractivity (Wildman–Crippen MR) is 107 cm³/mol. The van der Waals surface area contributed by atoms with Gasteiger partial charge in [0.1, 0.15) is 11.5 Å². The molecule has 5 heteroatoms. The summed E-state index contributed by atoms with van der Waals surface area (Å²) in [6.45, 7) is 3.57. The first-order valence-electron chi connectivity index (χ1n) is 8.87. The van der Waals surface area contributed by atoms with Gasteiger partial charge in [-0.25, -0.2) is 0 Å². The van der Waals surface area contributed by atoms with Crippen LogP contribution in [0.2, 0.25) is 0 Å². The van der Waals surface area contributed by atoms with Gasteiger partial charge in [0.2, 0.25) is 0 Å². The van der Waals surface area contributed by atoms with Crippen molar-refractivity contribution in [2.24, 2.45) is 4.99 Å². The van der Waals surface area contributed by atoms with Crippen molar-refractivity contribution in [3.8, 4) is 11.5 Å². The molecular weight excluding hydrogens is 326 g/mol. The van der Waals surface area contributed by atoms with Crippen LogP contribution in [0.5, 0.6) is 11.5 Å². The van der Waals surface area contributed by atoms with E-state index in [1.165, 1.54) is 11.1 Å². The van der Waals surface area contributed by atoms with E-state index in [2.05, 4.69) is 46.8 Å². The van der Waals surface area contributed by atoms with E-state index in [0.29, 0.717) is 6.54 Å². The SMILES string of the molecule is CN=C(NCCCc1cccc(OC)c1)NCc1ccc(C)cc1OC. The summed E-state index contributed by atoms with van der Waals surface area (Å²) >= 11 is 0. The molecule has 2 aromatic carbocycles. The van der Waals surface area contributed by atoms with Gasteiger partial charge in [0.15, 0.2) is 5.96 Å². The zero-order chi connectivity index (χ0) is 18.8. The molecule has 5 nitrogen and oxygen atoms in total. The Hall–Kier alpha value is -2.69. The molecule has 0 atom stereocenters. The molecule has 2 aromatic rings. The second-order valence-electron chi connectivity index (χ2n) is 6.12. The first-order valence-corrected chi connectivity index (χ1v) is 8.87. The zero-order valence-electron chi connectivity index (χ0n) is 16.1. The number of rotatable bonds is 8. The molecule has 26 heavy (non-hydrogen) atoms. The minimum Gasteiger partial charge on any atom is -0.497 e. The standard InChI is InChI=1S/C21H29N3O2/c1-16-10-11-18(20(13-16)26-4)15-24-21(22-2)23-12-6-8-17-7-5-9-19(14-17)25-3/h5,7,9-11,13-14H,6,8,12,15H2,1-4H3,(H2,22,23,24). The zero-order valence-corrected chi connectivity index (χ0v) is 16.1. The van der Waals surface area contributed by atoms with E-state index in [9.17, 15) is 0 Å². The number of aliphatic imine (C=N–C) groups is 1. The first-order chi connectivity index (χ1) is 12.7. The molecule has 0 unspecified atom stereocenters. The van der Waals surface area contributed by atoms with Crippen LogP contribution in [-0.2, 0) is 13.0 Å². The number of nitrogens with one attached hydrogen (secondary N) is 2. The van der Waals surface area contributed by atoms with E-state index in [0.717, 1.165) is 42.4 Å². The maximum absolute atomic E-state index is 5.45. The Morgan fingerprint density at radius 3 is 2.62 bits per heavy atom. The third-order valence-corrected chi connectivity index (χ3v) is 4.18. The molecule has 0 aromatic heterocycles. The topological polar surface area (TPSA) is 54.9 Å². The molecular formula is C21H29N3O2. The van der Waals surface area contributed by atoms with Gasteiger partial charge in [-0.15, -0.1) is 0 Å². The van der Waals surface area contributed by atoms with Crippen molar-refractivity contribution in [1.29, 1.82) is 0 Å². The molecule has 0 spiro atoms. The van der Waals surface area contributed by atoms with Gasteiger partial charge in [-0.05, 0) is 49.1 Å². The van der Waals surface area contributed by atoms with Gasteiger partial charge in [-0.1, -0.05) is 24.3 Å². The van der Waals surface area contributed by atoms with E-state index in [1.54, 1.807) is 21.3 Å². The number of hydrogen-bond donors (Lipinski definition) is 2. The fourth-order valence-electron chi connectivity index (χ4n) is 2.72. The summed E-state index contributed by atoms with van der Waals surface area (Å²) in [5, 5.41) is 6.69. The van der Waals surface area contributed by atoms with Crippen LogP contribution in [0.25, 0.3) is 0 Å². The Labute approximate surface area is 156 Å².